The van der Waals surface area contributed by atoms with Gasteiger partial charge in [0.2, 0.25) is 0 Å². The molecule has 1 aliphatic heterocycles. The molecule has 2 aromatic carbocycles. The second-order valence-electron chi connectivity index (χ2n) is 6.30. The summed E-state index contributed by atoms with van der Waals surface area (Å²) in [4.78, 5) is 24.8. The Morgan fingerprint density at radius 2 is 1.81 bits per heavy atom. The van der Waals surface area contributed by atoms with E-state index in [0.717, 1.165) is 24.4 Å². The van der Waals surface area contributed by atoms with Gasteiger partial charge in [0.15, 0.2) is 6.61 Å². The van der Waals surface area contributed by atoms with E-state index in [4.69, 9.17) is 9.84 Å². The zero-order valence-corrected chi connectivity index (χ0v) is 15.3. The van der Waals surface area contributed by atoms with E-state index in [-0.39, 0.29) is 5.91 Å². The Bertz CT molecular complexity index is 860. The highest BCUT2D eigenvalue weighted by Gasteiger charge is 2.16. The van der Waals surface area contributed by atoms with Crippen LogP contribution in [0.25, 0.3) is 0 Å². The first-order valence-corrected chi connectivity index (χ1v) is 8.58. The normalized spacial score (nSPS) is 13.3. The van der Waals surface area contributed by atoms with Crippen LogP contribution in [0.2, 0.25) is 0 Å². The van der Waals surface area contributed by atoms with Crippen LogP contribution in [0.15, 0.2) is 53.6 Å². The highest BCUT2D eigenvalue weighted by molar-refractivity contribution is 6.05. The van der Waals surface area contributed by atoms with E-state index in [0.29, 0.717) is 17.0 Å². The molecule has 7 heteroatoms. The molecule has 140 valence electrons. The summed E-state index contributed by atoms with van der Waals surface area (Å²) in [7, 11) is 1.69. The van der Waals surface area contributed by atoms with Crippen LogP contribution in [0.1, 0.15) is 23.7 Å². The van der Waals surface area contributed by atoms with Crippen molar-refractivity contribution in [2.75, 3.05) is 30.1 Å². The number of hydrogen-bond donors (Lipinski definition) is 1. The molecule has 1 heterocycles. The predicted molar refractivity (Wildman–Crippen MR) is 104 cm³/mol. The third kappa shape index (κ3) is 4.44. The van der Waals surface area contributed by atoms with Gasteiger partial charge in [-0.3, -0.25) is 9.80 Å². The van der Waals surface area contributed by atoms with Gasteiger partial charge in [-0.05, 0) is 55.5 Å². The zero-order valence-electron chi connectivity index (χ0n) is 15.3. The number of aliphatic carboxylic acids is 1. The quantitative estimate of drug-likeness (QED) is 0.849. The third-order valence-electron chi connectivity index (χ3n) is 4.28. The van der Waals surface area contributed by atoms with E-state index >= 15 is 0 Å². The minimum Gasteiger partial charge on any atom is -0.482 e. The fourth-order valence-corrected chi connectivity index (χ4v) is 2.76. The first-order valence-electron chi connectivity index (χ1n) is 8.58. The minimum atomic E-state index is -1.04. The summed E-state index contributed by atoms with van der Waals surface area (Å²) in [6, 6.07) is 14.1. The Morgan fingerprint density at radius 1 is 1.15 bits per heavy atom. The fraction of sp³-hybridized carbons (Fsp3) is 0.250. The molecule has 0 atom stereocenters. The number of carbonyl (C=O) groups is 2. The van der Waals surface area contributed by atoms with Crippen LogP contribution in [0, 0.1) is 0 Å². The molecule has 0 aliphatic carbocycles. The van der Waals surface area contributed by atoms with Crippen LogP contribution >= 0.6 is 0 Å². The standard InChI is InChI=1S/C20H21N3O4/c1-14-11-12-23(21-14)17-5-3-15(4-6-17)20(26)22(2)16-7-9-18(10-8-16)27-13-19(24)25/h3-10H,11-13H2,1-2H3,(H,24,25). The molecule has 7 nitrogen and oxygen atoms in total. The molecule has 0 saturated heterocycles. The van der Waals surface area contributed by atoms with Gasteiger partial charge in [0.1, 0.15) is 5.75 Å². The largest absolute Gasteiger partial charge is 0.482 e. The zero-order chi connectivity index (χ0) is 19.4. The highest BCUT2D eigenvalue weighted by Crippen LogP contribution is 2.23. The number of ether oxygens (including phenoxy) is 1. The number of nitrogens with zero attached hydrogens (tertiary/aromatic N) is 3. The molecule has 3 rings (SSSR count). The van der Waals surface area contributed by atoms with Crippen LogP contribution in [-0.2, 0) is 4.79 Å². The molecule has 0 fully saturated rings. The van der Waals surface area contributed by atoms with Gasteiger partial charge < -0.3 is 14.7 Å². The smallest absolute Gasteiger partial charge is 0.341 e. The van der Waals surface area contributed by atoms with Gasteiger partial charge in [0.25, 0.3) is 5.91 Å². The summed E-state index contributed by atoms with van der Waals surface area (Å²) in [5.41, 5.74) is 3.33. The molecular formula is C20H21N3O4. The second-order valence-corrected chi connectivity index (χ2v) is 6.30. The lowest BCUT2D eigenvalue weighted by Crippen LogP contribution is -2.26. The van der Waals surface area contributed by atoms with E-state index in [1.807, 2.05) is 24.1 Å². The number of carboxylic acid groups (broad SMARTS) is 1. The topological polar surface area (TPSA) is 82.4 Å². The number of rotatable bonds is 6. The molecule has 0 unspecified atom stereocenters. The van der Waals surface area contributed by atoms with Crippen molar-refractivity contribution in [2.45, 2.75) is 13.3 Å². The molecule has 0 saturated carbocycles. The lowest BCUT2D eigenvalue weighted by molar-refractivity contribution is -0.139. The maximum absolute atomic E-state index is 12.7. The van der Waals surface area contributed by atoms with Crippen LogP contribution in [0.5, 0.6) is 5.75 Å². The molecule has 0 radical (unpaired) electrons. The van der Waals surface area contributed by atoms with Crippen LogP contribution in [-0.4, -0.2) is 42.9 Å². The van der Waals surface area contributed by atoms with Crippen molar-refractivity contribution in [3.8, 4) is 5.75 Å². The Balaban J connectivity index is 1.67. The van der Waals surface area contributed by atoms with Gasteiger partial charge in [-0.25, -0.2) is 4.79 Å². The summed E-state index contributed by atoms with van der Waals surface area (Å²) < 4.78 is 5.10. The molecule has 27 heavy (non-hydrogen) atoms. The van der Waals surface area contributed by atoms with Crippen LogP contribution in [0.3, 0.4) is 0 Å². The van der Waals surface area contributed by atoms with Crippen molar-refractivity contribution in [3.05, 3.63) is 54.1 Å². The van der Waals surface area contributed by atoms with Gasteiger partial charge in [-0.2, -0.15) is 5.10 Å². The lowest BCUT2D eigenvalue weighted by atomic mass is 10.1. The number of amides is 1. The van der Waals surface area contributed by atoms with Crippen molar-refractivity contribution >= 4 is 29.0 Å². The molecule has 0 bridgehead atoms. The summed E-state index contributed by atoms with van der Waals surface area (Å²) >= 11 is 0. The second kappa shape index (κ2) is 7.90. The SMILES string of the molecule is CC1=NN(c2ccc(C(=O)N(C)c3ccc(OCC(=O)O)cc3)cc2)CC1. The molecule has 0 aromatic heterocycles. The first-order chi connectivity index (χ1) is 12.9. The molecular weight excluding hydrogens is 346 g/mol. The van der Waals surface area contributed by atoms with E-state index in [2.05, 4.69) is 5.10 Å². The van der Waals surface area contributed by atoms with Crippen molar-refractivity contribution < 1.29 is 19.4 Å². The van der Waals surface area contributed by atoms with Gasteiger partial charge >= 0.3 is 5.97 Å². The summed E-state index contributed by atoms with van der Waals surface area (Å²) in [6.07, 6.45) is 0.954. The number of hydrazone groups is 1. The first kappa shape index (κ1) is 18.4. The average molecular weight is 367 g/mol. The van der Waals surface area contributed by atoms with Gasteiger partial charge in [-0.1, -0.05) is 0 Å². The summed E-state index contributed by atoms with van der Waals surface area (Å²) in [6.45, 7) is 2.46. The van der Waals surface area contributed by atoms with E-state index < -0.39 is 12.6 Å². The van der Waals surface area contributed by atoms with Gasteiger partial charge in [0.05, 0.1) is 5.69 Å². The van der Waals surface area contributed by atoms with Crippen molar-refractivity contribution in [1.82, 2.24) is 0 Å². The third-order valence-corrected chi connectivity index (χ3v) is 4.28. The molecule has 1 amide bonds. The van der Waals surface area contributed by atoms with Gasteiger partial charge in [0, 0.05) is 37.0 Å². The number of carboxylic acids is 1. The Kier molecular flexibility index (Phi) is 5.40. The fourth-order valence-electron chi connectivity index (χ4n) is 2.76. The van der Waals surface area contributed by atoms with Crippen molar-refractivity contribution in [3.63, 3.8) is 0 Å². The lowest BCUT2D eigenvalue weighted by Gasteiger charge is -2.19. The maximum Gasteiger partial charge on any atom is 0.341 e. The number of benzene rings is 2. The van der Waals surface area contributed by atoms with E-state index in [9.17, 15) is 9.59 Å². The Hall–Kier alpha value is -3.35. The van der Waals surface area contributed by atoms with Crippen LogP contribution < -0.4 is 14.6 Å². The molecule has 0 spiro atoms. The van der Waals surface area contributed by atoms with E-state index in [1.54, 1.807) is 43.4 Å². The Morgan fingerprint density at radius 3 is 2.37 bits per heavy atom. The number of carbonyl (C=O) groups excluding carboxylic acids is 1. The maximum atomic E-state index is 12.7. The molecule has 1 aliphatic rings. The monoisotopic (exact) mass is 367 g/mol. The average Bonchev–Trinajstić information content (AvgIpc) is 3.12. The number of hydrogen-bond acceptors (Lipinski definition) is 5. The van der Waals surface area contributed by atoms with Crippen molar-refractivity contribution in [2.24, 2.45) is 5.10 Å². The highest BCUT2D eigenvalue weighted by atomic mass is 16.5. The predicted octanol–water partition coefficient (Wildman–Crippen LogP) is 3.01. The molecule has 1 N–H and O–H groups in total. The Labute approximate surface area is 157 Å². The molecule has 2 aromatic rings. The number of anilines is 2. The summed E-state index contributed by atoms with van der Waals surface area (Å²) in [5, 5.41) is 15.0. The van der Waals surface area contributed by atoms with Crippen molar-refractivity contribution in [1.29, 1.82) is 0 Å². The van der Waals surface area contributed by atoms with Crippen LogP contribution in [0.4, 0.5) is 11.4 Å². The minimum absolute atomic E-state index is 0.137. The van der Waals surface area contributed by atoms with Gasteiger partial charge in [-0.15, -0.1) is 0 Å². The summed E-state index contributed by atoms with van der Waals surface area (Å²) in [5.74, 6) is -0.737. The van der Waals surface area contributed by atoms with E-state index in [1.165, 1.54) is 4.90 Å².